The van der Waals surface area contributed by atoms with Crippen LogP contribution < -0.4 is 11.1 Å². The van der Waals surface area contributed by atoms with Crippen LogP contribution >= 0.6 is 0 Å². The molecule has 0 saturated heterocycles. The topological polar surface area (TPSA) is 55.1 Å². The van der Waals surface area contributed by atoms with Crippen LogP contribution in [0.15, 0.2) is 11.3 Å². The number of nitrogens with two attached hydrogens (primary N) is 1. The molecule has 0 aliphatic rings. The first-order valence-corrected chi connectivity index (χ1v) is 2.74. The Morgan fingerprint density at radius 3 is 2.00 bits per heavy atom. The third kappa shape index (κ3) is 2.17. The lowest BCUT2D eigenvalue weighted by molar-refractivity contribution is -0.117. The zero-order chi connectivity index (χ0) is 7.44. The average Bonchev–Trinajstić information content (AvgIpc) is 1.84. The molecular formula is C6H12N2O. The van der Waals surface area contributed by atoms with Crippen molar-refractivity contribution in [1.29, 1.82) is 0 Å². The van der Waals surface area contributed by atoms with Crippen molar-refractivity contribution in [2.24, 2.45) is 5.73 Å². The summed E-state index contributed by atoms with van der Waals surface area (Å²) in [6, 6.07) is 0. The molecule has 3 N–H and O–H groups in total. The first kappa shape index (κ1) is 8.01. The summed E-state index contributed by atoms with van der Waals surface area (Å²) in [5.74, 6) is -0.116. The number of rotatable bonds is 1. The molecule has 3 heteroatoms. The summed E-state index contributed by atoms with van der Waals surface area (Å²) in [7, 11) is 1.58. The van der Waals surface area contributed by atoms with Gasteiger partial charge in [-0.05, 0) is 13.8 Å². The van der Waals surface area contributed by atoms with Crippen LogP contribution in [-0.4, -0.2) is 13.0 Å². The van der Waals surface area contributed by atoms with Crippen molar-refractivity contribution in [2.75, 3.05) is 7.05 Å². The fraction of sp³-hybridized carbons (Fsp3) is 0.500. The highest BCUT2D eigenvalue weighted by Crippen LogP contribution is 1.94. The van der Waals surface area contributed by atoms with Crippen molar-refractivity contribution in [3.63, 3.8) is 0 Å². The Labute approximate surface area is 54.9 Å². The van der Waals surface area contributed by atoms with Crippen molar-refractivity contribution in [1.82, 2.24) is 5.32 Å². The summed E-state index contributed by atoms with van der Waals surface area (Å²) >= 11 is 0. The largest absolute Gasteiger partial charge is 0.402 e. The molecule has 0 radical (unpaired) electrons. The molecule has 0 aliphatic heterocycles. The minimum Gasteiger partial charge on any atom is -0.402 e. The highest BCUT2D eigenvalue weighted by molar-refractivity contribution is 5.93. The quantitative estimate of drug-likeness (QED) is 0.488. The Morgan fingerprint density at radius 2 is 1.89 bits per heavy atom. The van der Waals surface area contributed by atoms with E-state index in [9.17, 15) is 4.79 Å². The molecule has 0 aromatic heterocycles. The molecular weight excluding hydrogens is 116 g/mol. The van der Waals surface area contributed by atoms with E-state index < -0.39 is 0 Å². The molecule has 0 bridgehead atoms. The van der Waals surface area contributed by atoms with E-state index in [2.05, 4.69) is 5.32 Å². The third-order valence-corrected chi connectivity index (χ3v) is 1.16. The lowest BCUT2D eigenvalue weighted by Crippen LogP contribution is -2.20. The van der Waals surface area contributed by atoms with Crippen LogP contribution in [0.25, 0.3) is 0 Å². The first-order valence-electron chi connectivity index (χ1n) is 2.74. The first-order chi connectivity index (χ1) is 4.09. The molecule has 0 atom stereocenters. The predicted molar refractivity (Wildman–Crippen MR) is 36.6 cm³/mol. The van der Waals surface area contributed by atoms with E-state index in [1.807, 2.05) is 0 Å². The molecule has 9 heavy (non-hydrogen) atoms. The lowest BCUT2D eigenvalue weighted by Gasteiger charge is -1.99. The van der Waals surface area contributed by atoms with Gasteiger partial charge in [0.15, 0.2) is 0 Å². The Balaban J connectivity index is 4.21. The summed E-state index contributed by atoms with van der Waals surface area (Å²) in [6.45, 7) is 3.39. The minimum atomic E-state index is -0.116. The van der Waals surface area contributed by atoms with Crippen molar-refractivity contribution in [3.8, 4) is 0 Å². The Bertz CT molecular complexity index is 145. The molecule has 0 aromatic carbocycles. The van der Waals surface area contributed by atoms with Gasteiger partial charge in [-0.3, -0.25) is 4.79 Å². The maximum atomic E-state index is 10.7. The summed E-state index contributed by atoms with van der Waals surface area (Å²) in [4.78, 5) is 10.7. The van der Waals surface area contributed by atoms with E-state index in [1.165, 1.54) is 0 Å². The molecule has 0 unspecified atom stereocenters. The number of hydrogen-bond donors (Lipinski definition) is 2. The predicted octanol–water partition coefficient (Wildman–Crippen LogP) is -0.0150. The molecule has 0 rings (SSSR count). The maximum absolute atomic E-state index is 10.7. The van der Waals surface area contributed by atoms with E-state index in [0.29, 0.717) is 11.3 Å². The van der Waals surface area contributed by atoms with Gasteiger partial charge in [0.05, 0.1) is 0 Å². The fourth-order valence-corrected chi connectivity index (χ4v) is 0.367. The van der Waals surface area contributed by atoms with Gasteiger partial charge in [-0.2, -0.15) is 0 Å². The second kappa shape index (κ2) is 3.12. The number of amides is 1. The van der Waals surface area contributed by atoms with Gasteiger partial charge in [0.25, 0.3) is 0 Å². The van der Waals surface area contributed by atoms with Crippen LogP contribution in [-0.2, 0) is 4.79 Å². The van der Waals surface area contributed by atoms with E-state index in [0.717, 1.165) is 0 Å². The summed E-state index contributed by atoms with van der Waals surface area (Å²) in [5, 5.41) is 2.47. The number of carbonyl (C=O) groups is 1. The van der Waals surface area contributed by atoms with E-state index in [4.69, 9.17) is 5.73 Å². The Morgan fingerprint density at radius 1 is 1.44 bits per heavy atom. The number of hydrogen-bond acceptors (Lipinski definition) is 2. The van der Waals surface area contributed by atoms with Gasteiger partial charge < -0.3 is 11.1 Å². The second-order valence-corrected chi connectivity index (χ2v) is 1.89. The standard InChI is InChI=1S/C6H12N2O/c1-4(5(2)7)6(9)8-3/h7H2,1-3H3,(H,8,9)/b5-4-. The van der Waals surface area contributed by atoms with Gasteiger partial charge in [0, 0.05) is 18.3 Å². The smallest absolute Gasteiger partial charge is 0.248 e. The molecule has 3 nitrogen and oxygen atoms in total. The second-order valence-electron chi connectivity index (χ2n) is 1.89. The van der Waals surface area contributed by atoms with Gasteiger partial charge >= 0.3 is 0 Å². The molecule has 1 amide bonds. The Kier molecular flexibility index (Phi) is 2.78. The van der Waals surface area contributed by atoms with Gasteiger partial charge in [-0.25, -0.2) is 0 Å². The van der Waals surface area contributed by atoms with Crippen LogP contribution in [0.2, 0.25) is 0 Å². The minimum absolute atomic E-state index is 0.116. The maximum Gasteiger partial charge on any atom is 0.248 e. The highest BCUT2D eigenvalue weighted by atomic mass is 16.1. The fourth-order valence-electron chi connectivity index (χ4n) is 0.367. The average molecular weight is 128 g/mol. The molecule has 52 valence electrons. The monoisotopic (exact) mass is 128 g/mol. The normalized spacial score (nSPS) is 12.3. The lowest BCUT2D eigenvalue weighted by atomic mass is 10.2. The summed E-state index contributed by atoms with van der Waals surface area (Å²) in [6.07, 6.45) is 0. The van der Waals surface area contributed by atoms with Crippen LogP contribution in [0.4, 0.5) is 0 Å². The molecule has 0 aromatic rings. The molecule has 0 aliphatic carbocycles. The zero-order valence-electron chi connectivity index (χ0n) is 5.99. The summed E-state index contributed by atoms with van der Waals surface area (Å²) in [5.41, 5.74) is 6.48. The van der Waals surface area contributed by atoms with Gasteiger partial charge in [0.2, 0.25) is 5.91 Å². The van der Waals surface area contributed by atoms with E-state index in [1.54, 1.807) is 20.9 Å². The molecule has 0 fully saturated rings. The molecule has 0 saturated carbocycles. The van der Waals surface area contributed by atoms with Crippen molar-refractivity contribution < 1.29 is 4.79 Å². The van der Waals surface area contributed by atoms with E-state index >= 15 is 0 Å². The van der Waals surface area contributed by atoms with Crippen LogP contribution in [0.3, 0.4) is 0 Å². The SMILES string of the molecule is CNC(=O)/C(C)=C(/C)N. The van der Waals surface area contributed by atoms with Gasteiger partial charge in [-0.15, -0.1) is 0 Å². The third-order valence-electron chi connectivity index (χ3n) is 1.16. The highest BCUT2D eigenvalue weighted by Gasteiger charge is 2.00. The molecule has 0 heterocycles. The number of carbonyl (C=O) groups excluding carboxylic acids is 1. The van der Waals surface area contributed by atoms with Gasteiger partial charge in [0.1, 0.15) is 0 Å². The van der Waals surface area contributed by atoms with E-state index in [-0.39, 0.29) is 5.91 Å². The zero-order valence-corrected chi connectivity index (χ0v) is 5.99. The van der Waals surface area contributed by atoms with Crippen LogP contribution in [0.1, 0.15) is 13.8 Å². The van der Waals surface area contributed by atoms with Crippen molar-refractivity contribution in [3.05, 3.63) is 11.3 Å². The number of likely N-dealkylation sites (N-methyl/N-ethyl adjacent to an activating group) is 1. The van der Waals surface area contributed by atoms with Crippen LogP contribution in [0, 0.1) is 0 Å². The Hall–Kier alpha value is -0.990. The molecule has 0 spiro atoms. The van der Waals surface area contributed by atoms with Crippen molar-refractivity contribution in [2.45, 2.75) is 13.8 Å². The van der Waals surface area contributed by atoms with Gasteiger partial charge in [-0.1, -0.05) is 0 Å². The number of nitrogens with one attached hydrogen (secondary N) is 1. The number of allylic oxidation sites excluding steroid dienone is 1. The van der Waals surface area contributed by atoms with Crippen molar-refractivity contribution >= 4 is 5.91 Å². The summed E-state index contributed by atoms with van der Waals surface area (Å²) < 4.78 is 0. The van der Waals surface area contributed by atoms with Crippen LogP contribution in [0.5, 0.6) is 0 Å².